The summed E-state index contributed by atoms with van der Waals surface area (Å²) in [5.41, 5.74) is 15.1. The summed E-state index contributed by atoms with van der Waals surface area (Å²) >= 11 is 0. The van der Waals surface area contributed by atoms with Crippen LogP contribution in [0.2, 0.25) is 0 Å². The van der Waals surface area contributed by atoms with E-state index in [1.807, 2.05) is 31.3 Å². The molecular formula is C36H34N4O. The molecule has 204 valence electrons. The highest BCUT2D eigenvalue weighted by Crippen LogP contribution is 2.45. The number of aliphatic imine (C=N–C) groups is 1. The maximum atomic E-state index is 6.69. The predicted octanol–water partition coefficient (Wildman–Crippen LogP) is 8.43. The zero-order chi connectivity index (χ0) is 28.1. The van der Waals surface area contributed by atoms with Crippen molar-refractivity contribution in [2.45, 2.75) is 38.1 Å². The summed E-state index contributed by atoms with van der Waals surface area (Å²) in [6.45, 7) is 4.63. The number of aromatic nitrogens is 1. The lowest BCUT2D eigenvalue weighted by Gasteiger charge is -2.43. The van der Waals surface area contributed by atoms with Crippen LogP contribution in [-0.2, 0) is 6.42 Å². The van der Waals surface area contributed by atoms with Crippen molar-refractivity contribution in [1.29, 1.82) is 0 Å². The van der Waals surface area contributed by atoms with Crippen molar-refractivity contribution in [2.75, 3.05) is 17.7 Å². The first-order chi connectivity index (χ1) is 20.0. The second-order valence-electron chi connectivity index (χ2n) is 11.3. The highest BCUT2D eigenvalue weighted by Gasteiger charge is 2.39. The number of nitrogens with zero attached hydrogens (tertiary/aromatic N) is 3. The molecule has 0 fully saturated rings. The largest absolute Gasteiger partial charge is 0.451 e. The van der Waals surface area contributed by atoms with Crippen LogP contribution < -0.4 is 10.6 Å². The average Bonchev–Trinajstić information content (AvgIpc) is 3.50. The molecule has 7 rings (SSSR count). The van der Waals surface area contributed by atoms with Gasteiger partial charge in [0, 0.05) is 41.8 Å². The number of nitrogens with two attached hydrogens (primary N) is 1. The second-order valence-corrected chi connectivity index (χ2v) is 11.3. The fourth-order valence-electron chi connectivity index (χ4n) is 6.70. The minimum absolute atomic E-state index is 0.300. The van der Waals surface area contributed by atoms with Gasteiger partial charge < -0.3 is 15.1 Å². The van der Waals surface area contributed by atoms with E-state index in [1.54, 1.807) is 0 Å². The van der Waals surface area contributed by atoms with Crippen molar-refractivity contribution in [3.63, 3.8) is 0 Å². The van der Waals surface area contributed by atoms with E-state index in [2.05, 4.69) is 108 Å². The number of rotatable bonds is 4. The topological polar surface area (TPSA) is 59.7 Å². The molecule has 0 bridgehead atoms. The number of benzene rings is 3. The number of furan rings is 1. The molecule has 2 aliphatic rings. The van der Waals surface area contributed by atoms with Crippen LogP contribution in [-0.4, -0.2) is 23.0 Å². The van der Waals surface area contributed by atoms with E-state index in [9.17, 15) is 0 Å². The zero-order valence-electron chi connectivity index (χ0n) is 23.7. The summed E-state index contributed by atoms with van der Waals surface area (Å²) in [6, 6.07) is 29.3. The van der Waals surface area contributed by atoms with Gasteiger partial charge in [-0.1, -0.05) is 73.7 Å². The molecule has 5 heteroatoms. The lowest BCUT2D eigenvalue weighted by molar-refractivity contribution is 0.558. The van der Waals surface area contributed by atoms with Gasteiger partial charge in [0.2, 0.25) is 0 Å². The molecule has 2 heterocycles. The number of fused-ring (bicyclic) bond motifs is 4. The van der Waals surface area contributed by atoms with Crippen molar-refractivity contribution in [1.82, 2.24) is 4.57 Å². The van der Waals surface area contributed by atoms with Gasteiger partial charge in [-0.15, -0.1) is 0 Å². The molecule has 0 spiro atoms. The summed E-state index contributed by atoms with van der Waals surface area (Å²) in [5, 5.41) is 0.913. The summed E-state index contributed by atoms with van der Waals surface area (Å²) in [5.74, 6) is 1.68. The molecule has 0 radical (unpaired) electrons. The summed E-state index contributed by atoms with van der Waals surface area (Å²) in [6.07, 6.45) is 11.0. The fraction of sp³-hybridized carbons (Fsp3) is 0.194. The molecule has 3 aromatic carbocycles. The first-order valence-corrected chi connectivity index (χ1v) is 14.3. The van der Waals surface area contributed by atoms with Gasteiger partial charge in [0.15, 0.2) is 11.6 Å². The van der Waals surface area contributed by atoms with E-state index in [0.717, 1.165) is 46.7 Å². The van der Waals surface area contributed by atoms with Crippen LogP contribution in [0.1, 0.15) is 54.5 Å². The average molecular weight is 539 g/mol. The third kappa shape index (κ3) is 3.95. The van der Waals surface area contributed by atoms with E-state index in [0.29, 0.717) is 17.4 Å². The Morgan fingerprint density at radius 1 is 0.951 bits per heavy atom. The molecule has 5 aromatic rings. The van der Waals surface area contributed by atoms with Crippen molar-refractivity contribution in [3.8, 4) is 0 Å². The Labute approximate surface area is 240 Å². The van der Waals surface area contributed by atoms with Crippen LogP contribution in [0.15, 0.2) is 106 Å². The van der Waals surface area contributed by atoms with Gasteiger partial charge in [-0.3, -0.25) is 9.56 Å². The molecule has 0 saturated carbocycles. The highest BCUT2D eigenvalue weighted by atomic mass is 16.3. The Morgan fingerprint density at radius 2 is 1.61 bits per heavy atom. The van der Waals surface area contributed by atoms with E-state index in [4.69, 9.17) is 15.1 Å². The van der Waals surface area contributed by atoms with Crippen molar-refractivity contribution in [2.24, 2.45) is 4.99 Å². The van der Waals surface area contributed by atoms with Gasteiger partial charge in [0.25, 0.3) is 0 Å². The Hall–Kier alpha value is -4.77. The molecular weight excluding hydrogens is 504 g/mol. The number of anilines is 3. The van der Waals surface area contributed by atoms with Gasteiger partial charge >= 0.3 is 0 Å². The molecule has 5 nitrogen and oxygen atoms in total. The van der Waals surface area contributed by atoms with E-state index < -0.39 is 0 Å². The summed E-state index contributed by atoms with van der Waals surface area (Å²) < 4.78 is 8.66. The van der Waals surface area contributed by atoms with Crippen molar-refractivity contribution in [3.05, 3.63) is 125 Å². The first kappa shape index (κ1) is 25.2. The Kier molecular flexibility index (Phi) is 5.97. The Morgan fingerprint density at radius 3 is 2.27 bits per heavy atom. The molecule has 2 N–H and O–H groups in total. The van der Waals surface area contributed by atoms with E-state index >= 15 is 0 Å². The molecule has 2 aromatic heterocycles. The number of allylic oxidation sites excluding steroid dienone is 1. The van der Waals surface area contributed by atoms with Gasteiger partial charge in [0.1, 0.15) is 5.58 Å². The van der Waals surface area contributed by atoms with E-state index in [1.165, 1.54) is 16.8 Å². The normalized spacial score (nSPS) is 19.8. The van der Waals surface area contributed by atoms with Crippen molar-refractivity contribution < 1.29 is 4.42 Å². The van der Waals surface area contributed by atoms with Crippen LogP contribution in [0.3, 0.4) is 0 Å². The summed E-state index contributed by atoms with van der Waals surface area (Å²) in [4.78, 5) is 7.27. The third-order valence-electron chi connectivity index (χ3n) is 8.57. The molecule has 0 aliphatic heterocycles. The molecule has 2 aliphatic carbocycles. The van der Waals surface area contributed by atoms with Gasteiger partial charge in [-0.05, 0) is 66.9 Å². The minimum Gasteiger partial charge on any atom is -0.451 e. The van der Waals surface area contributed by atoms with Gasteiger partial charge in [-0.2, -0.15) is 0 Å². The lowest BCUT2D eigenvalue weighted by Crippen LogP contribution is -2.45. The molecule has 2 unspecified atom stereocenters. The number of para-hydroxylation sites is 3. The minimum atomic E-state index is -0.300. The standard InChI is InChI=1S/C36H34N4O/c1-24-13-12-19-27-29-23-36(2,40(25-14-6-4-7-15-25)26-16-8-5-9-17-26)22-21-30(29)39(33(24)27)35(38-3)34-32(37)28-18-10-11-20-31(28)41-34/h4-12,14-22,24H,13,23,37H2,1-3H3. The Bertz CT molecular complexity index is 1800. The summed E-state index contributed by atoms with van der Waals surface area (Å²) in [7, 11) is 1.83. The highest BCUT2D eigenvalue weighted by molar-refractivity contribution is 6.10. The third-order valence-corrected chi connectivity index (χ3v) is 8.57. The second kappa shape index (κ2) is 9.70. The quantitative estimate of drug-likeness (QED) is 0.185. The monoisotopic (exact) mass is 538 g/mol. The van der Waals surface area contributed by atoms with Gasteiger partial charge in [0.05, 0.1) is 16.9 Å². The maximum absolute atomic E-state index is 6.69. The Balaban J connectivity index is 1.42. The molecule has 0 saturated heterocycles. The van der Waals surface area contributed by atoms with Crippen LogP contribution in [0, 0.1) is 0 Å². The van der Waals surface area contributed by atoms with E-state index in [-0.39, 0.29) is 5.54 Å². The smallest absolute Gasteiger partial charge is 0.193 e. The van der Waals surface area contributed by atoms with Crippen molar-refractivity contribution >= 4 is 46.0 Å². The van der Waals surface area contributed by atoms with Crippen LogP contribution in [0.25, 0.3) is 23.1 Å². The number of hydrogen-bond acceptors (Lipinski definition) is 4. The maximum Gasteiger partial charge on any atom is 0.193 e. The van der Waals surface area contributed by atoms with Crippen LogP contribution >= 0.6 is 0 Å². The number of hydrogen-bond donors (Lipinski definition) is 1. The predicted molar refractivity (Wildman–Crippen MR) is 171 cm³/mol. The lowest BCUT2D eigenvalue weighted by atomic mass is 9.82. The molecule has 2 atom stereocenters. The molecule has 41 heavy (non-hydrogen) atoms. The molecule has 0 amide bonds. The SMILES string of the molecule is CN=C(c1oc2ccccc2c1N)n1c2c(c3c1C(C)CC=C3)CC(C)(N(c1ccccc1)c1ccccc1)C=C2. The van der Waals surface area contributed by atoms with Crippen LogP contribution in [0.5, 0.6) is 0 Å². The first-order valence-electron chi connectivity index (χ1n) is 14.3. The fourth-order valence-corrected chi connectivity index (χ4v) is 6.70. The van der Waals surface area contributed by atoms with Crippen LogP contribution in [0.4, 0.5) is 17.1 Å². The van der Waals surface area contributed by atoms with Gasteiger partial charge in [-0.25, -0.2) is 0 Å². The number of nitrogen functional groups attached to an aromatic ring is 1. The zero-order valence-corrected chi connectivity index (χ0v) is 23.7.